The second-order valence-corrected chi connectivity index (χ2v) is 13.2. The van der Waals surface area contributed by atoms with Gasteiger partial charge in [-0.2, -0.15) is 23.6 Å². The molecule has 0 atom stereocenters. The zero-order chi connectivity index (χ0) is 21.9. The second kappa shape index (κ2) is 13.7. The van der Waals surface area contributed by atoms with Gasteiger partial charge in [0.15, 0.2) is 0 Å². The smallest absolute Gasteiger partial charge is 0.0809 e. The van der Waals surface area contributed by atoms with E-state index in [9.17, 15) is 0 Å². The third-order valence-electron chi connectivity index (χ3n) is 4.69. The molecule has 0 radical (unpaired) electrons. The molecule has 0 spiro atoms. The van der Waals surface area contributed by atoms with Crippen LogP contribution in [0.15, 0.2) is 78.9 Å². The fraction of sp³-hybridized carbons (Fsp3) is 0.308. The van der Waals surface area contributed by atoms with E-state index >= 15 is 0 Å². The van der Waals surface area contributed by atoms with E-state index in [4.69, 9.17) is 18.6 Å². The molecule has 0 fully saturated rings. The van der Waals surface area contributed by atoms with Crippen LogP contribution >= 0.6 is 26.5 Å². The van der Waals surface area contributed by atoms with Crippen molar-refractivity contribution in [2.45, 2.75) is 27.7 Å². The molecule has 0 N–H and O–H groups in total. The van der Waals surface area contributed by atoms with E-state index < -0.39 is 17.0 Å². The minimum absolute atomic E-state index is 0.0185. The van der Waals surface area contributed by atoms with E-state index in [1.165, 1.54) is 33.9 Å². The first-order chi connectivity index (χ1) is 14.4. The number of hydrogen-bond donors (Lipinski definition) is 0. The summed E-state index contributed by atoms with van der Waals surface area (Å²) in [6.07, 6.45) is 2.73. The van der Waals surface area contributed by atoms with Gasteiger partial charge in [-0.3, -0.25) is 0 Å². The zero-order valence-electron chi connectivity index (χ0n) is 18.3. The number of hydrogen-bond acceptors (Lipinski definition) is 0. The van der Waals surface area contributed by atoms with Crippen LogP contribution in [0.5, 0.6) is 0 Å². The van der Waals surface area contributed by atoms with Crippen molar-refractivity contribution in [3.8, 4) is 0 Å². The first kappa shape index (κ1) is 25.6. The molecular weight excluding hydrogens is 462 g/mol. The fourth-order valence-electron chi connectivity index (χ4n) is 3.55. The molecule has 0 aliphatic heterocycles. The first-order valence-electron chi connectivity index (χ1n) is 10.4. The fourth-order valence-corrected chi connectivity index (χ4v) is 6.53. The minimum Gasteiger partial charge on any atom is -0.168 e. The number of rotatable bonds is 5. The summed E-state index contributed by atoms with van der Waals surface area (Å²) >= 11 is -0.556. The van der Waals surface area contributed by atoms with Gasteiger partial charge in [0, 0.05) is 0 Å². The summed E-state index contributed by atoms with van der Waals surface area (Å²) in [5, 5.41) is 7.09. The van der Waals surface area contributed by atoms with Crippen molar-refractivity contribution in [1.82, 2.24) is 0 Å². The predicted molar refractivity (Wildman–Crippen MR) is 137 cm³/mol. The monoisotopic (exact) mass is 492 g/mol. The third-order valence-corrected chi connectivity index (χ3v) is 8.02. The summed E-state index contributed by atoms with van der Waals surface area (Å²) < 4.78 is 0. The maximum absolute atomic E-state index is 4.89. The van der Waals surface area contributed by atoms with Gasteiger partial charge in [-0.15, -0.1) is 70.0 Å². The van der Waals surface area contributed by atoms with Crippen LogP contribution in [-0.4, -0.2) is 12.3 Å². The summed E-state index contributed by atoms with van der Waals surface area (Å²) in [6, 6.07) is 28.3. The summed E-state index contributed by atoms with van der Waals surface area (Å²) in [5.41, 5.74) is 0. The zero-order valence-corrected chi connectivity index (χ0v) is 22.2. The van der Waals surface area contributed by atoms with Crippen LogP contribution in [-0.2, 0) is 17.0 Å². The van der Waals surface area contributed by atoms with Crippen LogP contribution in [0.2, 0.25) is 0 Å². The van der Waals surface area contributed by atoms with Crippen molar-refractivity contribution < 1.29 is 17.0 Å². The van der Waals surface area contributed by atoms with Gasteiger partial charge in [0.05, 0.1) is 0 Å². The molecule has 0 aromatic heterocycles. The third kappa shape index (κ3) is 8.49. The summed E-state index contributed by atoms with van der Waals surface area (Å²) in [4.78, 5) is 0. The molecule has 4 aromatic carbocycles. The van der Waals surface area contributed by atoms with Gasteiger partial charge in [-0.1, -0.05) is 47.7 Å². The maximum atomic E-state index is 4.89. The van der Waals surface area contributed by atoms with E-state index in [0.717, 1.165) is 11.8 Å². The summed E-state index contributed by atoms with van der Waals surface area (Å²) in [7, 11) is 9.80. The Morgan fingerprint density at radius 3 is 1.87 bits per heavy atom. The normalized spacial score (nSPS) is 10.8. The number of halogens is 2. The van der Waals surface area contributed by atoms with E-state index in [-0.39, 0.29) is 7.92 Å². The van der Waals surface area contributed by atoms with E-state index in [2.05, 4.69) is 107 Å². The molecule has 160 valence electrons. The van der Waals surface area contributed by atoms with Crippen LogP contribution in [0, 0.1) is 11.8 Å². The van der Waals surface area contributed by atoms with E-state index in [1.54, 1.807) is 5.30 Å². The van der Waals surface area contributed by atoms with Crippen molar-refractivity contribution in [3.63, 3.8) is 0 Å². The predicted octanol–water partition coefficient (Wildman–Crippen LogP) is 8.91. The SMILES string of the molecule is CC(C)CP(CC(C)C)c1cc2ccccc2[cH-]1.[Cl][Ti][Cl].c1ccc2[cH-]ccc2c1. The molecule has 0 aliphatic rings. The average molecular weight is 493 g/mol. The van der Waals surface area contributed by atoms with Crippen molar-refractivity contribution >= 4 is 53.4 Å². The topological polar surface area (TPSA) is 0 Å². The van der Waals surface area contributed by atoms with Crippen LogP contribution in [0.25, 0.3) is 21.5 Å². The molecule has 0 saturated carbocycles. The van der Waals surface area contributed by atoms with Crippen LogP contribution in [0.3, 0.4) is 0 Å². The van der Waals surface area contributed by atoms with Crippen molar-refractivity contribution in [2.75, 3.05) is 12.3 Å². The Hall–Kier alpha value is -0.616. The maximum Gasteiger partial charge on any atom is -0.0809 e. The first-order valence-corrected chi connectivity index (χ1v) is 16.4. The molecule has 0 amide bonds. The molecule has 0 bridgehead atoms. The Morgan fingerprint density at radius 2 is 1.33 bits per heavy atom. The van der Waals surface area contributed by atoms with Gasteiger partial charge < -0.3 is 0 Å². The molecule has 4 heteroatoms. The second-order valence-electron chi connectivity index (χ2n) is 8.26. The van der Waals surface area contributed by atoms with Gasteiger partial charge in [0.25, 0.3) is 0 Å². The quantitative estimate of drug-likeness (QED) is 0.148. The van der Waals surface area contributed by atoms with Gasteiger partial charge in [-0.05, 0) is 24.2 Å². The Bertz CT molecular complexity index is 913. The van der Waals surface area contributed by atoms with Gasteiger partial charge in [0.1, 0.15) is 0 Å². The molecule has 0 heterocycles. The Morgan fingerprint density at radius 1 is 0.800 bits per heavy atom. The molecule has 0 unspecified atom stereocenters. The average Bonchev–Trinajstić information content (AvgIpc) is 3.34. The van der Waals surface area contributed by atoms with Gasteiger partial charge in [-0.25, -0.2) is 0 Å². The van der Waals surface area contributed by atoms with Crippen LogP contribution < -0.4 is 5.30 Å². The van der Waals surface area contributed by atoms with Crippen molar-refractivity contribution in [2.24, 2.45) is 11.8 Å². The van der Waals surface area contributed by atoms with Crippen molar-refractivity contribution in [3.05, 3.63) is 78.9 Å². The number of benzene rings is 2. The molecule has 4 aromatic rings. The van der Waals surface area contributed by atoms with Crippen LogP contribution in [0.4, 0.5) is 0 Å². The Labute approximate surface area is 200 Å². The molecule has 0 nitrogen and oxygen atoms in total. The summed E-state index contributed by atoms with van der Waals surface area (Å²) in [6.45, 7) is 9.38. The standard InChI is InChI=1S/C17H24P.C9H7.2ClH.Ti/c1-13(2)11-18(12-14(3)4)17-9-15-7-5-6-8-16(15)10-17;1-2-5-9-7-3-6-8(9)4-1;;;/h5-10,13-14H,11-12H2,1-4H3;1-7H;2*1H;/q2*-1;;;+2/p-2. The van der Waals surface area contributed by atoms with Gasteiger partial charge in [0.2, 0.25) is 0 Å². The Balaban J connectivity index is 0.000000220. The summed E-state index contributed by atoms with van der Waals surface area (Å²) in [5.74, 6) is 1.60. The van der Waals surface area contributed by atoms with Crippen molar-refractivity contribution in [1.29, 1.82) is 0 Å². The van der Waals surface area contributed by atoms with E-state index in [1.807, 2.05) is 0 Å². The molecule has 0 aliphatic carbocycles. The van der Waals surface area contributed by atoms with E-state index in [0.29, 0.717) is 0 Å². The minimum atomic E-state index is -0.556. The number of fused-ring (bicyclic) bond motifs is 2. The molecule has 0 saturated heterocycles. The Kier molecular flexibility index (Phi) is 11.7. The molecular formula is C26H31Cl2PTi-2. The molecule has 4 rings (SSSR count). The van der Waals surface area contributed by atoms with Gasteiger partial charge >= 0.3 is 35.6 Å². The molecule has 30 heavy (non-hydrogen) atoms. The van der Waals surface area contributed by atoms with Crippen LogP contribution in [0.1, 0.15) is 27.7 Å². The largest absolute Gasteiger partial charge is 0.168 e.